The van der Waals surface area contributed by atoms with Gasteiger partial charge in [0, 0.05) is 5.88 Å². The second-order valence-electron chi connectivity index (χ2n) is 1.04. The lowest BCUT2D eigenvalue weighted by atomic mass is 10.4. The van der Waals surface area contributed by atoms with Crippen LogP contribution >= 0.6 is 46.3 Å². The van der Waals surface area contributed by atoms with Gasteiger partial charge >= 0.3 is 0 Å². The molecule has 0 aromatic carbocycles. The highest BCUT2D eigenvalue weighted by atomic mass is 35.5. The third-order valence-electron chi connectivity index (χ3n) is 0.487. The van der Waals surface area contributed by atoms with E-state index in [1.807, 2.05) is 0 Å². The topological polar surface area (TPSA) is 0 Å². The summed E-state index contributed by atoms with van der Waals surface area (Å²) in [5.41, 5.74) is 0. The minimum Gasteiger partial charge on any atom is -0.153 e. The predicted octanol–water partition coefficient (Wildman–Crippen LogP) is 2.93. The molecule has 0 N–H and O–H groups in total. The van der Waals surface area contributed by atoms with E-state index >= 15 is 0 Å². The van der Waals surface area contributed by atoms with E-state index in [9.17, 15) is 0 Å². The third-order valence-corrected chi connectivity index (χ3v) is 0.754. The van der Waals surface area contributed by atoms with Gasteiger partial charge in [-0.2, -0.15) is 9.90 Å². The zero-order valence-electron chi connectivity index (χ0n) is 5.02. The van der Waals surface area contributed by atoms with Gasteiger partial charge in [0.25, 0.3) is 0 Å². The van der Waals surface area contributed by atoms with E-state index in [0.29, 0.717) is 0 Å². The van der Waals surface area contributed by atoms with E-state index in [1.165, 1.54) is 6.42 Å². The molecule has 0 aliphatic heterocycles. The van der Waals surface area contributed by atoms with E-state index in [4.69, 9.17) is 11.6 Å². The molecule has 0 nitrogen and oxygen atoms in total. The molecule has 0 aromatic rings. The Bertz CT molecular complexity index is 18.8. The van der Waals surface area contributed by atoms with Gasteiger partial charge in [0.2, 0.25) is 0 Å². The van der Waals surface area contributed by atoms with Crippen LogP contribution in [0.1, 0.15) is 19.8 Å². The van der Waals surface area contributed by atoms with Gasteiger partial charge in [-0.3, -0.25) is 0 Å². The summed E-state index contributed by atoms with van der Waals surface area (Å²) < 4.78 is 0. The van der Waals surface area contributed by atoms with E-state index in [2.05, 4.69) is 6.92 Å². The third kappa shape index (κ3) is 26.6. The fourth-order valence-electron chi connectivity index (χ4n) is 0.134. The van der Waals surface area contributed by atoms with Crippen LogP contribution in [0.25, 0.3) is 0 Å². The van der Waals surface area contributed by atoms with Crippen molar-refractivity contribution in [2.45, 2.75) is 19.8 Å². The van der Waals surface area contributed by atoms with Gasteiger partial charge in [0.05, 0.1) is 0 Å². The van der Waals surface area contributed by atoms with Gasteiger partial charge < -0.3 is 0 Å². The Labute approximate surface area is 72.2 Å². The van der Waals surface area contributed by atoms with Crippen molar-refractivity contribution in [1.29, 1.82) is 0 Å². The Morgan fingerprint density at radius 2 is 1.62 bits per heavy atom. The van der Waals surface area contributed by atoms with Crippen molar-refractivity contribution in [3.8, 4) is 0 Å². The van der Waals surface area contributed by atoms with Crippen LogP contribution in [0.4, 0.5) is 0 Å². The van der Waals surface area contributed by atoms with Crippen molar-refractivity contribution in [2.24, 2.45) is 0 Å². The van der Waals surface area contributed by atoms with Gasteiger partial charge in [-0.05, 0) is 6.42 Å². The molecule has 0 aliphatic rings. The minimum absolute atomic E-state index is 0. The van der Waals surface area contributed by atoms with Crippen LogP contribution in [-0.2, 0) is 0 Å². The number of rotatable bonds is 2. The number of hydrogen-bond donors (Lipinski definition) is 0. The molecule has 0 aromatic heterocycles. The average molecular weight is 199 g/mol. The summed E-state index contributed by atoms with van der Waals surface area (Å²) in [7, 11) is 0. The Morgan fingerprint density at radius 1 is 1.25 bits per heavy atom. The highest BCUT2D eigenvalue weighted by Gasteiger charge is 1.70. The molecular weight excluding hydrogens is 185 g/mol. The molecule has 0 fully saturated rings. The molecule has 0 bridgehead atoms. The Hall–Kier alpha value is 1.30. The van der Waals surface area contributed by atoms with Crippen molar-refractivity contribution in [3.05, 3.63) is 0 Å². The first-order valence-corrected chi connectivity index (χ1v) is 2.51. The fourth-order valence-corrected chi connectivity index (χ4v) is 0.401. The Kier molecular flexibility index (Phi) is 68.2. The van der Waals surface area contributed by atoms with E-state index in [-0.39, 0.29) is 34.7 Å². The molecule has 0 heterocycles. The smallest absolute Gasteiger partial charge is 0.0223 e. The van der Waals surface area contributed by atoms with Gasteiger partial charge in [0.15, 0.2) is 0 Å². The summed E-state index contributed by atoms with van der Waals surface area (Å²) in [6.07, 6.45) is 2.37. The standard InChI is InChI=1S/C4H9Cl.2ClH.H3P/c1-2-3-4-5;;;/h2-4H2,1H3;2*1H;1H3. The van der Waals surface area contributed by atoms with Gasteiger partial charge in [-0.15, -0.1) is 36.4 Å². The van der Waals surface area contributed by atoms with Crippen LogP contribution in [0.5, 0.6) is 0 Å². The van der Waals surface area contributed by atoms with E-state index in [0.717, 1.165) is 12.3 Å². The van der Waals surface area contributed by atoms with Crippen LogP contribution < -0.4 is 0 Å². The zero-order chi connectivity index (χ0) is 4.12. The summed E-state index contributed by atoms with van der Waals surface area (Å²) in [4.78, 5) is 0. The Morgan fingerprint density at radius 3 is 1.62 bits per heavy atom. The SMILES string of the molecule is CCCCCl.Cl.Cl.P. The quantitative estimate of drug-likeness (QED) is 0.474. The lowest BCUT2D eigenvalue weighted by Gasteiger charge is -1.77. The number of hydrogen-bond acceptors (Lipinski definition) is 0. The largest absolute Gasteiger partial charge is 0.153 e. The first-order chi connectivity index (χ1) is 2.41. The molecule has 56 valence electrons. The predicted molar refractivity (Wildman–Crippen MR) is 51.2 cm³/mol. The van der Waals surface area contributed by atoms with E-state index in [1.54, 1.807) is 0 Å². The molecule has 0 radical (unpaired) electrons. The van der Waals surface area contributed by atoms with Crippen molar-refractivity contribution in [2.75, 3.05) is 5.88 Å². The summed E-state index contributed by atoms with van der Waals surface area (Å²) >= 11 is 5.30. The molecule has 0 saturated heterocycles. The average Bonchev–Trinajstić information content (AvgIpc) is 1.41. The maximum absolute atomic E-state index is 5.30. The van der Waals surface area contributed by atoms with Crippen LogP contribution in [0.15, 0.2) is 0 Å². The monoisotopic (exact) mass is 198 g/mol. The van der Waals surface area contributed by atoms with Crippen LogP contribution in [0.2, 0.25) is 0 Å². The molecule has 8 heavy (non-hydrogen) atoms. The highest BCUT2D eigenvalue weighted by molar-refractivity contribution is 6.92. The van der Waals surface area contributed by atoms with Crippen molar-refractivity contribution < 1.29 is 0 Å². The molecule has 0 saturated carbocycles. The fraction of sp³-hybridized carbons (Fsp3) is 1.00. The van der Waals surface area contributed by atoms with Gasteiger partial charge in [-0.1, -0.05) is 13.3 Å². The summed E-state index contributed by atoms with van der Waals surface area (Å²) in [6, 6.07) is 0. The van der Waals surface area contributed by atoms with Crippen molar-refractivity contribution in [3.63, 3.8) is 0 Å². The zero-order valence-corrected chi connectivity index (χ0v) is 8.83. The molecular formula is C4H14Cl3P. The molecule has 4 heteroatoms. The molecule has 0 spiro atoms. The summed E-state index contributed by atoms with van der Waals surface area (Å²) in [5, 5.41) is 0. The van der Waals surface area contributed by atoms with Crippen molar-refractivity contribution in [1.82, 2.24) is 0 Å². The van der Waals surface area contributed by atoms with Crippen LogP contribution in [-0.4, -0.2) is 5.88 Å². The number of halogens is 3. The first kappa shape index (κ1) is 22.8. The lowest BCUT2D eigenvalue weighted by molar-refractivity contribution is 0.892. The summed E-state index contributed by atoms with van der Waals surface area (Å²) in [5.74, 6) is 0.816. The Balaban J connectivity index is -0.0000000267. The van der Waals surface area contributed by atoms with Gasteiger partial charge in [0.1, 0.15) is 0 Å². The maximum Gasteiger partial charge on any atom is 0.0223 e. The van der Waals surface area contributed by atoms with Crippen LogP contribution in [0, 0.1) is 0 Å². The highest BCUT2D eigenvalue weighted by Crippen LogP contribution is 1.86. The van der Waals surface area contributed by atoms with Crippen LogP contribution in [0.3, 0.4) is 0 Å². The molecule has 1 unspecified atom stereocenters. The normalized spacial score (nSPS) is 5.25. The maximum atomic E-state index is 5.30. The second kappa shape index (κ2) is 23.9. The lowest BCUT2D eigenvalue weighted by Crippen LogP contribution is -1.65. The molecule has 0 amide bonds. The number of alkyl halides is 1. The van der Waals surface area contributed by atoms with Gasteiger partial charge in [-0.25, -0.2) is 0 Å². The minimum atomic E-state index is 0. The first-order valence-electron chi connectivity index (χ1n) is 1.97. The molecule has 0 aliphatic carbocycles. The molecule has 1 atom stereocenters. The van der Waals surface area contributed by atoms with Crippen molar-refractivity contribution >= 4 is 46.3 Å². The summed E-state index contributed by atoms with van der Waals surface area (Å²) in [6.45, 7) is 2.13. The van der Waals surface area contributed by atoms with E-state index < -0.39 is 0 Å². The number of unbranched alkanes of at least 4 members (excludes halogenated alkanes) is 1. The second-order valence-corrected chi connectivity index (χ2v) is 1.42. The molecule has 0 rings (SSSR count).